The standard InChI is InChI=1S/C34H64NO4P/c1-10-26(24(2)3)12-11-25(4)30-15-16-31-29-14-13-27-23-28(39-40(36,37)38-22-21-35(7,8)9)17-19-33(27,5)32(29)18-20-34(30,31)6/h24-32H,10-23H2,1-9H3/p+1/t25-,26-,27?,28?,29+,30-,31+,32+,33+,34-/m1/s1. The van der Waals surface area contributed by atoms with Crippen molar-refractivity contribution in [2.45, 2.75) is 125 Å². The molecule has 234 valence electrons. The summed E-state index contributed by atoms with van der Waals surface area (Å²) in [6, 6.07) is 0. The number of hydrogen-bond donors (Lipinski definition) is 1. The van der Waals surface area contributed by atoms with Crippen molar-refractivity contribution < 1.29 is 23.0 Å². The largest absolute Gasteiger partial charge is 0.472 e. The van der Waals surface area contributed by atoms with Crippen LogP contribution in [0, 0.1) is 58.2 Å². The Morgan fingerprint density at radius 2 is 1.60 bits per heavy atom. The molecule has 0 aliphatic heterocycles. The van der Waals surface area contributed by atoms with E-state index < -0.39 is 7.82 Å². The molecule has 0 aromatic carbocycles. The van der Waals surface area contributed by atoms with E-state index in [-0.39, 0.29) is 12.7 Å². The SMILES string of the molecule is CC[C@H](CC[C@@H](C)[C@H]1CC[C@H]2[C@@H]3CCC4CC(OP(=O)(O)OCC[N+](C)(C)C)CC[C@]4(C)[C@H]3CC[C@]12C)C(C)C. The molecule has 0 bridgehead atoms. The molecule has 4 aliphatic rings. The molecule has 11 atom stereocenters. The molecule has 3 unspecified atom stereocenters. The first-order valence-electron chi connectivity index (χ1n) is 17.1. The van der Waals surface area contributed by atoms with Crippen LogP contribution in [0.4, 0.5) is 0 Å². The molecule has 0 aromatic heterocycles. The fraction of sp³-hybridized carbons (Fsp3) is 1.00. The van der Waals surface area contributed by atoms with E-state index in [1.165, 1.54) is 57.8 Å². The van der Waals surface area contributed by atoms with Gasteiger partial charge in [0.25, 0.3) is 0 Å². The van der Waals surface area contributed by atoms with Gasteiger partial charge in [-0.15, -0.1) is 0 Å². The number of nitrogens with zero attached hydrogens (tertiary/aromatic N) is 1. The van der Waals surface area contributed by atoms with E-state index in [0.717, 1.165) is 60.7 Å². The van der Waals surface area contributed by atoms with E-state index in [1.807, 2.05) is 0 Å². The van der Waals surface area contributed by atoms with Crippen LogP contribution in [0.15, 0.2) is 0 Å². The van der Waals surface area contributed by atoms with E-state index >= 15 is 0 Å². The molecule has 0 saturated heterocycles. The minimum Gasteiger partial charge on any atom is -0.329 e. The highest BCUT2D eigenvalue weighted by molar-refractivity contribution is 7.47. The first-order valence-corrected chi connectivity index (χ1v) is 18.6. The third-order valence-electron chi connectivity index (χ3n) is 13.1. The van der Waals surface area contributed by atoms with Gasteiger partial charge in [-0.05, 0) is 122 Å². The zero-order chi connectivity index (χ0) is 29.5. The topological polar surface area (TPSA) is 55.8 Å². The predicted octanol–water partition coefficient (Wildman–Crippen LogP) is 8.95. The predicted molar refractivity (Wildman–Crippen MR) is 166 cm³/mol. The van der Waals surface area contributed by atoms with E-state index in [4.69, 9.17) is 9.05 Å². The van der Waals surface area contributed by atoms with Crippen molar-refractivity contribution in [1.82, 2.24) is 0 Å². The average Bonchev–Trinajstić information content (AvgIpc) is 3.20. The summed E-state index contributed by atoms with van der Waals surface area (Å²) in [5, 5.41) is 0. The van der Waals surface area contributed by atoms with E-state index in [9.17, 15) is 9.46 Å². The van der Waals surface area contributed by atoms with E-state index in [0.29, 0.717) is 27.8 Å². The highest BCUT2D eigenvalue weighted by atomic mass is 31.2. The molecule has 4 saturated carbocycles. The van der Waals surface area contributed by atoms with Gasteiger partial charge in [0.2, 0.25) is 0 Å². The fourth-order valence-corrected chi connectivity index (χ4v) is 11.6. The lowest BCUT2D eigenvalue weighted by molar-refractivity contribution is -0.870. The number of likely N-dealkylation sites (N-methyl/N-ethyl adjacent to an activating group) is 1. The van der Waals surface area contributed by atoms with E-state index in [1.54, 1.807) is 0 Å². The maximum atomic E-state index is 12.7. The molecular weight excluding hydrogens is 517 g/mol. The van der Waals surface area contributed by atoms with Crippen molar-refractivity contribution in [2.75, 3.05) is 34.3 Å². The smallest absolute Gasteiger partial charge is 0.329 e. The van der Waals surface area contributed by atoms with Gasteiger partial charge in [-0.1, -0.05) is 54.4 Å². The highest BCUT2D eigenvalue weighted by Crippen LogP contribution is 2.69. The second-order valence-corrected chi connectivity index (χ2v) is 18.1. The van der Waals surface area contributed by atoms with Crippen LogP contribution < -0.4 is 0 Å². The second-order valence-electron chi connectivity index (χ2n) is 16.7. The van der Waals surface area contributed by atoms with Gasteiger partial charge in [-0.3, -0.25) is 9.05 Å². The Balaban J connectivity index is 1.35. The molecule has 0 amide bonds. The quantitative estimate of drug-likeness (QED) is 0.184. The molecule has 0 heterocycles. The summed E-state index contributed by atoms with van der Waals surface area (Å²) in [7, 11) is 2.15. The van der Waals surface area contributed by atoms with Crippen LogP contribution in [0.5, 0.6) is 0 Å². The Morgan fingerprint density at radius 3 is 2.25 bits per heavy atom. The highest BCUT2D eigenvalue weighted by Gasteiger charge is 2.60. The summed E-state index contributed by atoms with van der Waals surface area (Å²) < 4.78 is 24.6. The lowest BCUT2D eigenvalue weighted by atomic mass is 9.44. The van der Waals surface area contributed by atoms with Crippen molar-refractivity contribution in [2.24, 2.45) is 58.2 Å². The Morgan fingerprint density at radius 1 is 0.925 bits per heavy atom. The molecular formula is C34H65NO4P+. The van der Waals surface area contributed by atoms with Crippen molar-refractivity contribution in [1.29, 1.82) is 0 Å². The Hall–Kier alpha value is 0.0700. The van der Waals surface area contributed by atoms with Gasteiger partial charge in [-0.25, -0.2) is 4.57 Å². The number of fused-ring (bicyclic) bond motifs is 5. The summed E-state index contributed by atoms with van der Waals surface area (Å²) in [4.78, 5) is 10.4. The van der Waals surface area contributed by atoms with Gasteiger partial charge < -0.3 is 9.38 Å². The Kier molecular flexibility index (Phi) is 10.4. The third kappa shape index (κ3) is 7.06. The second kappa shape index (κ2) is 12.6. The number of quaternary nitrogens is 1. The number of hydrogen-bond acceptors (Lipinski definition) is 3. The minimum absolute atomic E-state index is 0.155. The lowest BCUT2D eigenvalue weighted by Gasteiger charge is -2.61. The normalized spacial score (nSPS) is 41.1. The summed E-state index contributed by atoms with van der Waals surface area (Å²) in [6.07, 6.45) is 15.2. The van der Waals surface area contributed by atoms with Gasteiger partial charge in [0.1, 0.15) is 13.2 Å². The Labute approximate surface area is 247 Å². The summed E-state index contributed by atoms with van der Waals surface area (Å²) in [5.41, 5.74) is 0.875. The number of phosphoric acid groups is 1. The van der Waals surface area contributed by atoms with Crippen LogP contribution in [0.25, 0.3) is 0 Å². The maximum Gasteiger partial charge on any atom is 0.472 e. The molecule has 4 aliphatic carbocycles. The van der Waals surface area contributed by atoms with Crippen LogP contribution >= 0.6 is 7.82 Å². The minimum atomic E-state index is -4.02. The van der Waals surface area contributed by atoms with Crippen molar-refractivity contribution in [3.63, 3.8) is 0 Å². The van der Waals surface area contributed by atoms with Gasteiger partial charge in [0.05, 0.1) is 27.2 Å². The van der Waals surface area contributed by atoms with Gasteiger partial charge in [-0.2, -0.15) is 0 Å². The van der Waals surface area contributed by atoms with Crippen LogP contribution in [-0.4, -0.2) is 49.8 Å². The number of phosphoric ester groups is 1. The summed E-state index contributed by atoms with van der Waals surface area (Å²) in [5.74, 6) is 6.60. The number of rotatable bonds is 12. The molecule has 1 N–H and O–H groups in total. The zero-order valence-corrected chi connectivity index (χ0v) is 28.6. The van der Waals surface area contributed by atoms with Crippen LogP contribution in [0.1, 0.15) is 119 Å². The maximum absolute atomic E-state index is 12.7. The first kappa shape index (κ1) is 33.0. The molecule has 0 radical (unpaired) electrons. The van der Waals surface area contributed by atoms with Gasteiger partial charge in [0.15, 0.2) is 0 Å². The molecule has 40 heavy (non-hydrogen) atoms. The van der Waals surface area contributed by atoms with Crippen LogP contribution in [-0.2, 0) is 13.6 Å². The molecule has 5 nitrogen and oxygen atoms in total. The van der Waals surface area contributed by atoms with E-state index in [2.05, 4.69) is 62.7 Å². The van der Waals surface area contributed by atoms with Gasteiger partial charge in [0, 0.05) is 0 Å². The monoisotopic (exact) mass is 582 g/mol. The molecule has 4 rings (SSSR count). The van der Waals surface area contributed by atoms with Gasteiger partial charge >= 0.3 is 7.82 Å². The molecule has 4 fully saturated rings. The molecule has 0 spiro atoms. The Bertz CT molecular complexity index is 888. The lowest BCUT2D eigenvalue weighted by Crippen LogP contribution is -2.54. The zero-order valence-electron chi connectivity index (χ0n) is 27.7. The van der Waals surface area contributed by atoms with Crippen LogP contribution in [0.3, 0.4) is 0 Å². The molecule has 6 heteroatoms. The summed E-state index contributed by atoms with van der Waals surface area (Å²) >= 11 is 0. The van der Waals surface area contributed by atoms with Crippen LogP contribution in [0.2, 0.25) is 0 Å². The first-order chi connectivity index (χ1) is 18.6. The van der Waals surface area contributed by atoms with Crippen molar-refractivity contribution >= 4 is 7.82 Å². The third-order valence-corrected chi connectivity index (χ3v) is 14.2. The van der Waals surface area contributed by atoms with Crippen molar-refractivity contribution in [3.05, 3.63) is 0 Å². The average molecular weight is 583 g/mol. The van der Waals surface area contributed by atoms with Crippen molar-refractivity contribution in [3.8, 4) is 0 Å². The molecule has 0 aromatic rings. The fourth-order valence-electron chi connectivity index (χ4n) is 10.6. The summed E-state index contributed by atoms with van der Waals surface area (Å²) in [6.45, 7) is 16.0.